The fourth-order valence-corrected chi connectivity index (χ4v) is 13.3. The van der Waals surface area contributed by atoms with Crippen molar-refractivity contribution in [2.45, 2.75) is 0 Å². The molecule has 0 aromatic heterocycles. The van der Waals surface area contributed by atoms with Gasteiger partial charge >= 0.3 is 0 Å². The molecule has 0 radical (unpaired) electrons. The van der Waals surface area contributed by atoms with E-state index in [0.717, 1.165) is 132 Å². The van der Waals surface area contributed by atoms with E-state index in [0.29, 0.717) is 22.5 Å². The van der Waals surface area contributed by atoms with E-state index in [2.05, 4.69) is 204 Å². The van der Waals surface area contributed by atoms with E-state index in [1.54, 1.807) is 0 Å². The standard InChI is InChI=1S/C80H50F2N2/c81-77-67(63-35-15-23-51-19-7-11-31-59(51)63)45-47-69(65-37-17-25-53-21-9-13-33-61(53)65)79(77)83(57-27-3-1-4-28-57)73-49-41-55-40-44-72-74(50-42-56-39-43-71(73)75(55)76(56)72)84(58-29-5-2-6-30-58)80-70(66-38-18-26-54-22-10-14-34-62(54)66)48-46-68(78(80)82)64-36-16-24-52-20-8-12-32-60(52)64/h1-50H. The highest BCUT2D eigenvalue weighted by molar-refractivity contribution is 6.28. The maximum Gasteiger partial charge on any atom is 0.155 e. The van der Waals surface area contributed by atoms with Crippen LogP contribution in [-0.4, -0.2) is 0 Å². The van der Waals surface area contributed by atoms with Crippen molar-refractivity contribution in [3.8, 4) is 44.5 Å². The Labute approximate surface area is 484 Å². The van der Waals surface area contributed by atoms with Crippen molar-refractivity contribution in [2.75, 3.05) is 9.80 Å². The molecule has 0 bridgehead atoms. The van der Waals surface area contributed by atoms with Gasteiger partial charge in [0, 0.05) is 44.4 Å². The number of halogens is 2. The molecule has 0 unspecified atom stereocenters. The van der Waals surface area contributed by atoms with E-state index in [-0.39, 0.29) is 11.6 Å². The Balaban J connectivity index is 0.978. The van der Waals surface area contributed by atoms with Gasteiger partial charge in [0.2, 0.25) is 0 Å². The molecule has 0 saturated carbocycles. The van der Waals surface area contributed by atoms with Crippen LogP contribution < -0.4 is 9.80 Å². The second-order valence-electron chi connectivity index (χ2n) is 21.7. The summed E-state index contributed by atoms with van der Waals surface area (Å²) in [6.45, 7) is 0. The van der Waals surface area contributed by atoms with Crippen LogP contribution in [0, 0.1) is 11.6 Å². The summed E-state index contributed by atoms with van der Waals surface area (Å²) >= 11 is 0. The molecule has 16 aromatic carbocycles. The van der Waals surface area contributed by atoms with Gasteiger partial charge in [-0.2, -0.15) is 0 Å². The summed E-state index contributed by atoms with van der Waals surface area (Å²) in [5.74, 6) is -0.663. The summed E-state index contributed by atoms with van der Waals surface area (Å²) in [5.41, 5.74) is 10.2. The molecule has 2 nitrogen and oxygen atoms in total. The molecule has 0 aliphatic rings. The Morgan fingerprint density at radius 3 is 0.833 bits per heavy atom. The monoisotopic (exact) mass is 1080 g/mol. The molecule has 0 atom stereocenters. The lowest BCUT2D eigenvalue weighted by Gasteiger charge is -2.32. The number of anilines is 6. The largest absolute Gasteiger partial charge is 0.307 e. The maximum atomic E-state index is 19.1. The minimum atomic E-state index is -0.332. The van der Waals surface area contributed by atoms with Gasteiger partial charge in [-0.3, -0.25) is 0 Å². The normalized spacial score (nSPS) is 11.7. The first-order chi connectivity index (χ1) is 41.6. The molecule has 0 fully saturated rings. The van der Waals surface area contributed by atoms with Gasteiger partial charge in [0.25, 0.3) is 0 Å². The number of benzene rings is 16. The summed E-state index contributed by atoms with van der Waals surface area (Å²) in [7, 11) is 0. The second-order valence-corrected chi connectivity index (χ2v) is 21.7. The van der Waals surface area contributed by atoms with Crippen LogP contribution in [0.2, 0.25) is 0 Å². The molecule has 4 heteroatoms. The highest BCUT2D eigenvalue weighted by Gasteiger charge is 2.30. The molecular weight excluding hydrogens is 1030 g/mol. The third-order valence-electron chi connectivity index (χ3n) is 17.1. The Morgan fingerprint density at radius 1 is 0.190 bits per heavy atom. The Morgan fingerprint density at radius 2 is 0.476 bits per heavy atom. The van der Waals surface area contributed by atoms with Gasteiger partial charge in [0.05, 0.1) is 22.7 Å². The minimum absolute atomic E-state index is 0.332. The van der Waals surface area contributed by atoms with E-state index >= 15 is 8.78 Å². The fourth-order valence-electron chi connectivity index (χ4n) is 13.3. The maximum absolute atomic E-state index is 19.1. The van der Waals surface area contributed by atoms with E-state index in [4.69, 9.17) is 0 Å². The van der Waals surface area contributed by atoms with Crippen molar-refractivity contribution in [3.63, 3.8) is 0 Å². The Hall–Kier alpha value is -10.9. The first-order valence-electron chi connectivity index (χ1n) is 28.5. The van der Waals surface area contributed by atoms with E-state index in [1.807, 2.05) is 109 Å². The van der Waals surface area contributed by atoms with Crippen molar-refractivity contribution in [1.82, 2.24) is 0 Å². The van der Waals surface area contributed by atoms with Crippen LogP contribution in [-0.2, 0) is 0 Å². The molecule has 0 N–H and O–H groups in total. The van der Waals surface area contributed by atoms with Gasteiger partial charge in [0.1, 0.15) is 0 Å². The molecule has 394 valence electrons. The lowest BCUT2D eigenvalue weighted by atomic mass is 9.89. The summed E-state index contributed by atoms with van der Waals surface area (Å²) in [5, 5.41) is 14.2. The molecule has 0 heterocycles. The molecule has 0 amide bonds. The van der Waals surface area contributed by atoms with Gasteiger partial charge in [-0.05, 0) is 123 Å². The predicted octanol–water partition coefficient (Wildman–Crippen LogP) is 23.1. The lowest BCUT2D eigenvalue weighted by Crippen LogP contribution is -2.15. The van der Waals surface area contributed by atoms with Gasteiger partial charge < -0.3 is 9.80 Å². The molecule has 16 rings (SSSR count). The fraction of sp³-hybridized carbons (Fsp3) is 0. The minimum Gasteiger partial charge on any atom is -0.307 e. The van der Waals surface area contributed by atoms with Gasteiger partial charge in [0.15, 0.2) is 11.6 Å². The molecule has 0 aliphatic carbocycles. The average Bonchev–Trinajstić information content (AvgIpc) is 3.06. The smallest absolute Gasteiger partial charge is 0.155 e. The quantitative estimate of drug-likeness (QED) is 0.126. The van der Waals surface area contributed by atoms with Crippen molar-refractivity contribution in [2.24, 2.45) is 0 Å². The van der Waals surface area contributed by atoms with Crippen LogP contribution in [0.3, 0.4) is 0 Å². The summed E-state index contributed by atoms with van der Waals surface area (Å²) < 4.78 is 38.2. The number of nitrogens with zero attached hydrogens (tertiary/aromatic N) is 2. The van der Waals surface area contributed by atoms with Crippen LogP contribution in [0.4, 0.5) is 42.9 Å². The first kappa shape index (κ1) is 48.9. The molecule has 84 heavy (non-hydrogen) atoms. The van der Waals surface area contributed by atoms with Gasteiger partial charge in [-0.15, -0.1) is 0 Å². The molecule has 16 aromatic rings. The third-order valence-corrected chi connectivity index (χ3v) is 17.1. The van der Waals surface area contributed by atoms with E-state index in [9.17, 15) is 0 Å². The number of hydrogen-bond donors (Lipinski definition) is 0. The van der Waals surface area contributed by atoms with Crippen molar-refractivity contribution >= 4 is 110 Å². The zero-order valence-corrected chi connectivity index (χ0v) is 45.5. The molecule has 0 aliphatic heterocycles. The third kappa shape index (κ3) is 7.83. The topological polar surface area (TPSA) is 6.48 Å². The van der Waals surface area contributed by atoms with Crippen LogP contribution in [0.5, 0.6) is 0 Å². The zero-order valence-electron chi connectivity index (χ0n) is 45.5. The first-order valence-corrected chi connectivity index (χ1v) is 28.5. The van der Waals surface area contributed by atoms with Crippen LogP contribution in [0.25, 0.3) is 120 Å². The van der Waals surface area contributed by atoms with Crippen molar-refractivity contribution in [3.05, 3.63) is 315 Å². The van der Waals surface area contributed by atoms with Crippen molar-refractivity contribution < 1.29 is 8.78 Å². The van der Waals surface area contributed by atoms with Crippen LogP contribution in [0.15, 0.2) is 303 Å². The Bertz CT molecular complexity index is 4900. The number of hydrogen-bond acceptors (Lipinski definition) is 2. The molecular formula is C80H50F2N2. The van der Waals surface area contributed by atoms with E-state index < -0.39 is 0 Å². The lowest BCUT2D eigenvalue weighted by molar-refractivity contribution is 0.632. The molecule has 0 spiro atoms. The summed E-state index contributed by atoms with van der Waals surface area (Å²) in [6.07, 6.45) is 0. The average molecular weight is 1080 g/mol. The summed E-state index contributed by atoms with van der Waals surface area (Å²) in [4.78, 5) is 4.27. The predicted molar refractivity (Wildman–Crippen MR) is 351 cm³/mol. The van der Waals surface area contributed by atoms with E-state index in [1.165, 1.54) is 0 Å². The number of para-hydroxylation sites is 2. The van der Waals surface area contributed by atoms with Crippen LogP contribution in [0.1, 0.15) is 0 Å². The number of rotatable bonds is 10. The van der Waals surface area contributed by atoms with Crippen molar-refractivity contribution in [1.29, 1.82) is 0 Å². The van der Waals surface area contributed by atoms with Gasteiger partial charge in [-0.1, -0.05) is 267 Å². The van der Waals surface area contributed by atoms with Crippen LogP contribution >= 0.6 is 0 Å². The second kappa shape index (κ2) is 19.9. The molecule has 0 saturated heterocycles. The van der Waals surface area contributed by atoms with Gasteiger partial charge in [-0.25, -0.2) is 8.78 Å². The number of fused-ring (bicyclic) bond motifs is 4. The Kier molecular flexibility index (Phi) is 11.6. The SMILES string of the molecule is Fc1c(-c2cccc3ccccc23)ccc(-c2cccc3ccccc23)c1N(c1ccccc1)c1ccc2ccc3c(N(c4ccccc4)c4c(-c5cccc6ccccc56)ccc(-c5cccc6ccccc56)c4F)ccc4ccc1c2c43. The summed E-state index contributed by atoms with van der Waals surface area (Å²) in [6, 6.07) is 104. The zero-order chi connectivity index (χ0) is 55.8. The highest BCUT2D eigenvalue weighted by atomic mass is 19.1. The highest BCUT2D eigenvalue weighted by Crippen LogP contribution is 2.54.